The Morgan fingerprint density at radius 2 is 2.06 bits per heavy atom. The predicted molar refractivity (Wildman–Crippen MR) is 63.1 cm³/mol. The summed E-state index contributed by atoms with van der Waals surface area (Å²) in [5.41, 5.74) is 0.649. The minimum atomic E-state index is -0.498. The highest BCUT2D eigenvalue weighted by Crippen LogP contribution is 2.24. The number of ether oxygens (including phenoxy) is 1. The highest BCUT2D eigenvalue weighted by molar-refractivity contribution is 6.30. The summed E-state index contributed by atoms with van der Waals surface area (Å²) in [5.74, 6) is 0.476. The molecule has 0 saturated heterocycles. The van der Waals surface area contributed by atoms with Gasteiger partial charge in [0.2, 0.25) is 5.88 Å². The molecule has 6 heteroatoms. The second-order valence-electron chi connectivity index (χ2n) is 3.16. The third-order valence-electron chi connectivity index (χ3n) is 1.93. The van der Waals surface area contributed by atoms with E-state index in [1.165, 1.54) is 30.6 Å². The van der Waals surface area contributed by atoms with Gasteiger partial charge in [0.1, 0.15) is 11.6 Å². The number of hydrogen-bond donors (Lipinski definition) is 0. The molecule has 2 aromatic rings. The van der Waals surface area contributed by atoms with E-state index in [1.807, 2.05) is 0 Å². The fourth-order valence-corrected chi connectivity index (χ4v) is 1.43. The normalized spacial score (nSPS) is 10.3. The van der Waals surface area contributed by atoms with Crippen LogP contribution in [0.25, 0.3) is 0 Å². The summed E-state index contributed by atoms with van der Waals surface area (Å²) in [5, 5.41) is -0.00663. The largest absolute Gasteiger partial charge is 0.437 e. The third kappa shape index (κ3) is 3.05. The number of alkyl halides is 1. The monoisotopic (exact) mass is 272 g/mol. The van der Waals surface area contributed by atoms with E-state index in [1.54, 1.807) is 0 Å². The van der Waals surface area contributed by atoms with Crippen molar-refractivity contribution in [1.82, 2.24) is 9.97 Å². The molecule has 1 aromatic heterocycles. The van der Waals surface area contributed by atoms with Crippen LogP contribution in [0.3, 0.4) is 0 Å². The summed E-state index contributed by atoms with van der Waals surface area (Å²) in [7, 11) is 0. The molecule has 0 fully saturated rings. The highest BCUT2D eigenvalue weighted by Gasteiger charge is 2.04. The number of benzene rings is 1. The summed E-state index contributed by atoms with van der Waals surface area (Å²) in [6.07, 6.45) is 2.95. The zero-order valence-electron chi connectivity index (χ0n) is 8.53. The maximum Gasteiger partial charge on any atom is 0.237 e. The van der Waals surface area contributed by atoms with Gasteiger partial charge in [-0.3, -0.25) is 4.98 Å². The number of rotatable bonds is 3. The Bertz CT molecular complexity index is 519. The fourth-order valence-electron chi connectivity index (χ4n) is 1.13. The van der Waals surface area contributed by atoms with Gasteiger partial charge in [0.05, 0.1) is 29.0 Å². The van der Waals surface area contributed by atoms with Crippen LogP contribution in [0.1, 0.15) is 5.69 Å². The molecule has 0 amide bonds. The van der Waals surface area contributed by atoms with Crippen LogP contribution in [0.15, 0.2) is 30.6 Å². The SMILES string of the molecule is Fc1ccc(Oc2cnc(CCl)cn2)cc1Cl. The lowest BCUT2D eigenvalue weighted by molar-refractivity contribution is 0.458. The Labute approximate surface area is 107 Å². The molecule has 0 aliphatic heterocycles. The third-order valence-corrected chi connectivity index (χ3v) is 2.50. The van der Waals surface area contributed by atoms with Crippen LogP contribution in [0.4, 0.5) is 4.39 Å². The second kappa shape index (κ2) is 5.29. The molecule has 17 heavy (non-hydrogen) atoms. The molecule has 0 atom stereocenters. The van der Waals surface area contributed by atoms with E-state index in [0.29, 0.717) is 17.3 Å². The molecule has 0 N–H and O–H groups in total. The summed E-state index contributed by atoms with van der Waals surface area (Å²) < 4.78 is 18.3. The highest BCUT2D eigenvalue weighted by atomic mass is 35.5. The minimum Gasteiger partial charge on any atom is -0.437 e. The van der Waals surface area contributed by atoms with E-state index >= 15 is 0 Å². The summed E-state index contributed by atoms with van der Waals surface area (Å²) in [4.78, 5) is 8.00. The zero-order valence-corrected chi connectivity index (χ0v) is 10.0. The van der Waals surface area contributed by atoms with Gasteiger partial charge < -0.3 is 4.74 Å². The van der Waals surface area contributed by atoms with Crippen molar-refractivity contribution < 1.29 is 9.13 Å². The van der Waals surface area contributed by atoms with Gasteiger partial charge in [-0.2, -0.15) is 0 Å². The van der Waals surface area contributed by atoms with Crippen LogP contribution in [0.2, 0.25) is 5.02 Å². The first kappa shape index (κ1) is 12.1. The van der Waals surface area contributed by atoms with Gasteiger partial charge in [-0.05, 0) is 12.1 Å². The lowest BCUT2D eigenvalue weighted by atomic mass is 10.3. The van der Waals surface area contributed by atoms with Gasteiger partial charge in [-0.25, -0.2) is 9.37 Å². The van der Waals surface area contributed by atoms with Crippen molar-refractivity contribution in [2.75, 3.05) is 0 Å². The minimum absolute atomic E-state index is 0.00663. The van der Waals surface area contributed by atoms with Gasteiger partial charge >= 0.3 is 0 Å². The van der Waals surface area contributed by atoms with E-state index in [2.05, 4.69) is 9.97 Å². The molecular formula is C11H7Cl2FN2O. The average molecular weight is 273 g/mol. The molecule has 0 spiro atoms. The second-order valence-corrected chi connectivity index (χ2v) is 3.83. The van der Waals surface area contributed by atoms with Crippen LogP contribution < -0.4 is 4.74 Å². The first-order valence-electron chi connectivity index (χ1n) is 4.69. The molecule has 0 aliphatic carbocycles. The van der Waals surface area contributed by atoms with Crippen LogP contribution in [0, 0.1) is 5.82 Å². The molecular weight excluding hydrogens is 266 g/mol. The van der Waals surface area contributed by atoms with Gasteiger partial charge in [0.15, 0.2) is 0 Å². The lowest BCUT2D eigenvalue weighted by Gasteiger charge is -2.05. The number of nitrogens with zero attached hydrogens (tertiary/aromatic N) is 2. The van der Waals surface area contributed by atoms with E-state index in [9.17, 15) is 4.39 Å². The standard InChI is InChI=1S/C11H7Cl2FN2O/c12-4-7-5-16-11(6-15-7)17-8-1-2-10(14)9(13)3-8/h1-3,5-6H,4H2. The van der Waals surface area contributed by atoms with Crippen LogP contribution in [-0.2, 0) is 5.88 Å². The van der Waals surface area contributed by atoms with Crippen molar-refractivity contribution >= 4 is 23.2 Å². The molecule has 0 bridgehead atoms. The fraction of sp³-hybridized carbons (Fsp3) is 0.0909. The molecule has 1 heterocycles. The van der Waals surface area contributed by atoms with E-state index in [4.69, 9.17) is 27.9 Å². The van der Waals surface area contributed by atoms with Crippen molar-refractivity contribution in [1.29, 1.82) is 0 Å². The van der Waals surface area contributed by atoms with E-state index < -0.39 is 5.82 Å². The molecule has 0 aliphatic rings. The maximum atomic E-state index is 12.9. The molecule has 0 unspecified atom stereocenters. The zero-order chi connectivity index (χ0) is 12.3. The Balaban J connectivity index is 2.16. The van der Waals surface area contributed by atoms with Crippen LogP contribution >= 0.6 is 23.2 Å². The Morgan fingerprint density at radius 3 is 2.65 bits per heavy atom. The summed E-state index contributed by atoms with van der Waals surface area (Å²) in [6, 6.07) is 4.05. The Hall–Kier alpha value is -1.39. The van der Waals surface area contributed by atoms with Crippen LogP contribution in [-0.4, -0.2) is 9.97 Å². The van der Waals surface area contributed by atoms with Crippen molar-refractivity contribution in [2.45, 2.75) is 5.88 Å². The Kier molecular flexibility index (Phi) is 3.76. The van der Waals surface area contributed by atoms with Crippen molar-refractivity contribution in [3.05, 3.63) is 47.1 Å². The predicted octanol–water partition coefficient (Wildman–Crippen LogP) is 3.80. The van der Waals surface area contributed by atoms with Crippen molar-refractivity contribution in [3.63, 3.8) is 0 Å². The molecule has 0 radical (unpaired) electrons. The summed E-state index contributed by atoms with van der Waals surface area (Å²) in [6.45, 7) is 0. The van der Waals surface area contributed by atoms with Crippen molar-refractivity contribution in [2.24, 2.45) is 0 Å². The smallest absolute Gasteiger partial charge is 0.237 e. The first-order chi connectivity index (χ1) is 8.19. The van der Waals surface area contributed by atoms with Gasteiger partial charge in [0.25, 0.3) is 0 Å². The molecule has 2 rings (SSSR count). The number of aromatic nitrogens is 2. The van der Waals surface area contributed by atoms with E-state index in [0.717, 1.165) is 0 Å². The van der Waals surface area contributed by atoms with Crippen LogP contribution in [0.5, 0.6) is 11.6 Å². The summed E-state index contributed by atoms with van der Waals surface area (Å²) >= 11 is 11.2. The average Bonchev–Trinajstić information content (AvgIpc) is 2.35. The maximum absolute atomic E-state index is 12.9. The first-order valence-corrected chi connectivity index (χ1v) is 5.60. The molecule has 0 saturated carbocycles. The van der Waals surface area contributed by atoms with E-state index in [-0.39, 0.29) is 10.9 Å². The van der Waals surface area contributed by atoms with Gasteiger partial charge in [-0.15, -0.1) is 11.6 Å². The van der Waals surface area contributed by atoms with Gasteiger partial charge in [-0.1, -0.05) is 11.6 Å². The number of halogens is 3. The molecule has 1 aromatic carbocycles. The van der Waals surface area contributed by atoms with Crippen molar-refractivity contribution in [3.8, 4) is 11.6 Å². The topological polar surface area (TPSA) is 35.0 Å². The molecule has 88 valence electrons. The quantitative estimate of drug-likeness (QED) is 0.798. The Morgan fingerprint density at radius 1 is 1.24 bits per heavy atom. The molecule has 3 nitrogen and oxygen atoms in total. The van der Waals surface area contributed by atoms with Gasteiger partial charge in [0, 0.05) is 6.07 Å². The number of hydrogen-bond acceptors (Lipinski definition) is 3. The lowest BCUT2D eigenvalue weighted by Crippen LogP contribution is -1.92.